The first-order chi connectivity index (χ1) is 12.3. The molecule has 0 amide bonds. The third-order valence-electron chi connectivity index (χ3n) is 8.33. The van der Waals surface area contributed by atoms with Gasteiger partial charge in [0.2, 0.25) is 0 Å². The first kappa shape index (κ1) is 18.0. The second-order valence-electron chi connectivity index (χ2n) is 9.20. The molecule has 3 fully saturated rings. The van der Waals surface area contributed by atoms with Crippen LogP contribution in [0.4, 0.5) is 0 Å². The van der Waals surface area contributed by atoms with Crippen molar-refractivity contribution in [2.45, 2.75) is 71.3 Å². The Kier molecular flexibility index (Phi) is 4.22. The number of esters is 1. The summed E-state index contributed by atoms with van der Waals surface area (Å²) >= 11 is 0. The molecule has 144 valence electrons. The van der Waals surface area contributed by atoms with Gasteiger partial charge in [0, 0.05) is 24.2 Å². The quantitative estimate of drug-likeness (QED) is 0.736. The molecule has 0 aromatic heterocycles. The van der Waals surface area contributed by atoms with Gasteiger partial charge in [0.25, 0.3) is 0 Å². The van der Waals surface area contributed by atoms with Crippen molar-refractivity contribution in [3.8, 4) is 0 Å². The maximum atomic E-state index is 12.0. The van der Waals surface area contributed by atoms with Gasteiger partial charge in [-0.15, -0.1) is 0 Å². The summed E-state index contributed by atoms with van der Waals surface area (Å²) in [5.41, 5.74) is 0.398. The first-order valence-electron chi connectivity index (χ1n) is 10.1. The molecule has 26 heavy (non-hydrogen) atoms. The van der Waals surface area contributed by atoms with Crippen LogP contribution >= 0.6 is 0 Å². The molecule has 2 N–H and O–H groups in total. The smallest absolute Gasteiger partial charge is 0.302 e. The summed E-state index contributed by atoms with van der Waals surface area (Å²) in [5, 5.41) is 20.8. The van der Waals surface area contributed by atoms with Crippen LogP contribution in [0.15, 0.2) is 11.3 Å². The summed E-state index contributed by atoms with van der Waals surface area (Å²) in [5.74, 6) is 0.817. The summed E-state index contributed by atoms with van der Waals surface area (Å²) in [6.07, 6.45) is 6.53. The van der Waals surface area contributed by atoms with E-state index in [4.69, 9.17) is 4.74 Å². The van der Waals surface area contributed by atoms with Crippen molar-refractivity contribution >= 4 is 11.8 Å². The molecule has 0 aliphatic heterocycles. The zero-order valence-corrected chi connectivity index (χ0v) is 15.8. The zero-order valence-electron chi connectivity index (χ0n) is 15.8. The van der Waals surface area contributed by atoms with Crippen LogP contribution in [-0.4, -0.2) is 34.7 Å². The van der Waals surface area contributed by atoms with Crippen molar-refractivity contribution in [2.24, 2.45) is 28.6 Å². The van der Waals surface area contributed by atoms with Crippen molar-refractivity contribution in [1.29, 1.82) is 0 Å². The fourth-order valence-corrected chi connectivity index (χ4v) is 7.11. The Hall–Kier alpha value is -1.36. The van der Waals surface area contributed by atoms with Gasteiger partial charge in [0.05, 0.1) is 6.61 Å². The number of Topliss-reactive ketones (excluding diaryl/α,β-unsaturated/α-hetero) is 1. The third kappa shape index (κ3) is 2.32. The Balaban J connectivity index is 1.67. The van der Waals surface area contributed by atoms with E-state index in [-0.39, 0.29) is 35.6 Å². The maximum Gasteiger partial charge on any atom is 0.302 e. The minimum absolute atomic E-state index is 0.00528. The fourth-order valence-electron chi connectivity index (χ4n) is 7.11. The standard InChI is InChI=1S/C21H30O5/c1-12(23)26-18-6-5-14-13-3-4-16-19(25)17(24)8-10-21(16,11-22)15(13)7-9-20(14,18)2/h13-15,18,22,25H,3-11H2,1-2H3/t13-,14-,15+,18?,20-,21-/m0/s1. The number of fused-ring (bicyclic) bond motifs is 5. The second kappa shape index (κ2) is 6.08. The Morgan fingerprint density at radius 2 is 1.92 bits per heavy atom. The lowest BCUT2D eigenvalue weighted by Gasteiger charge is -2.58. The number of ketones is 1. The molecule has 3 saturated carbocycles. The highest BCUT2D eigenvalue weighted by Crippen LogP contribution is 2.66. The largest absolute Gasteiger partial charge is 0.504 e. The van der Waals surface area contributed by atoms with Crippen LogP contribution in [-0.2, 0) is 14.3 Å². The normalized spacial score (nSPS) is 45.0. The Bertz CT molecular complexity index is 667. The number of carbonyl (C=O) groups excluding carboxylic acids is 2. The lowest BCUT2D eigenvalue weighted by molar-refractivity contribution is -0.158. The van der Waals surface area contributed by atoms with Gasteiger partial charge in [-0.25, -0.2) is 0 Å². The first-order valence-corrected chi connectivity index (χ1v) is 10.1. The summed E-state index contributed by atoms with van der Waals surface area (Å²) in [6, 6.07) is 0. The molecule has 6 atom stereocenters. The van der Waals surface area contributed by atoms with Gasteiger partial charge in [-0.2, -0.15) is 0 Å². The van der Waals surface area contributed by atoms with Crippen LogP contribution in [0.5, 0.6) is 0 Å². The van der Waals surface area contributed by atoms with Gasteiger partial charge in [-0.1, -0.05) is 6.92 Å². The number of aliphatic hydroxyl groups is 2. The molecule has 0 bridgehead atoms. The SMILES string of the molecule is CC(=O)OC1CC[C@H]2[C@@H]3CCC4=C(O)C(=O)CC[C@]4(CO)[C@@H]3CC[C@]12C. The molecule has 0 spiro atoms. The third-order valence-corrected chi connectivity index (χ3v) is 8.33. The van der Waals surface area contributed by atoms with E-state index in [1.165, 1.54) is 6.92 Å². The molecule has 4 aliphatic rings. The second-order valence-corrected chi connectivity index (χ2v) is 9.20. The highest BCUT2D eigenvalue weighted by molar-refractivity contribution is 5.95. The topological polar surface area (TPSA) is 83.8 Å². The highest BCUT2D eigenvalue weighted by Gasteiger charge is 2.61. The molecule has 0 saturated heterocycles. The minimum atomic E-state index is -0.429. The van der Waals surface area contributed by atoms with Crippen LogP contribution < -0.4 is 0 Å². The van der Waals surface area contributed by atoms with Gasteiger partial charge in [-0.05, 0) is 68.3 Å². The molecular weight excluding hydrogens is 332 g/mol. The molecule has 1 unspecified atom stereocenters. The van der Waals surface area contributed by atoms with Crippen LogP contribution in [0.2, 0.25) is 0 Å². The minimum Gasteiger partial charge on any atom is -0.504 e. The van der Waals surface area contributed by atoms with Crippen molar-refractivity contribution in [3.63, 3.8) is 0 Å². The van der Waals surface area contributed by atoms with Crippen molar-refractivity contribution in [2.75, 3.05) is 6.61 Å². The number of hydrogen-bond donors (Lipinski definition) is 2. The van der Waals surface area contributed by atoms with E-state index in [2.05, 4.69) is 6.92 Å². The van der Waals surface area contributed by atoms with Gasteiger partial charge in [0.15, 0.2) is 11.5 Å². The van der Waals surface area contributed by atoms with Crippen molar-refractivity contribution in [1.82, 2.24) is 0 Å². The summed E-state index contributed by atoms with van der Waals surface area (Å²) in [6.45, 7) is 3.77. The number of ether oxygens (including phenoxy) is 1. The molecule has 5 nitrogen and oxygen atoms in total. The van der Waals surface area contributed by atoms with E-state index in [1.807, 2.05) is 0 Å². The Labute approximate surface area is 154 Å². The number of hydrogen-bond acceptors (Lipinski definition) is 5. The monoisotopic (exact) mass is 362 g/mol. The van der Waals surface area contributed by atoms with Crippen LogP contribution in [0, 0.1) is 28.6 Å². The molecule has 0 aromatic rings. The van der Waals surface area contributed by atoms with Crippen molar-refractivity contribution < 1.29 is 24.5 Å². The Morgan fingerprint density at radius 3 is 2.62 bits per heavy atom. The lowest BCUT2D eigenvalue weighted by atomic mass is 9.47. The van der Waals surface area contributed by atoms with Crippen molar-refractivity contribution in [3.05, 3.63) is 11.3 Å². The molecular formula is C21H30O5. The number of rotatable bonds is 2. The van der Waals surface area contributed by atoms with Gasteiger partial charge >= 0.3 is 5.97 Å². The van der Waals surface area contributed by atoms with E-state index >= 15 is 0 Å². The van der Waals surface area contributed by atoms with Gasteiger partial charge in [0.1, 0.15) is 6.10 Å². The molecule has 0 heterocycles. The highest BCUT2D eigenvalue weighted by atomic mass is 16.5. The summed E-state index contributed by atoms with van der Waals surface area (Å²) in [4.78, 5) is 23.5. The predicted octanol–water partition coefficient (Wildman–Crippen LogP) is 3.31. The van der Waals surface area contributed by atoms with Gasteiger partial charge < -0.3 is 14.9 Å². The van der Waals surface area contributed by atoms with E-state index in [0.717, 1.165) is 37.7 Å². The van der Waals surface area contributed by atoms with E-state index < -0.39 is 5.41 Å². The number of carbonyl (C=O) groups is 2. The summed E-state index contributed by atoms with van der Waals surface area (Å²) in [7, 11) is 0. The molecule has 4 rings (SSSR count). The van der Waals surface area contributed by atoms with Crippen LogP contribution in [0.1, 0.15) is 65.2 Å². The van der Waals surface area contributed by atoms with Crippen LogP contribution in [0.25, 0.3) is 0 Å². The van der Waals surface area contributed by atoms with E-state index in [0.29, 0.717) is 37.0 Å². The lowest BCUT2D eigenvalue weighted by Crippen LogP contribution is -2.54. The van der Waals surface area contributed by atoms with E-state index in [9.17, 15) is 19.8 Å². The number of aliphatic hydroxyl groups excluding tert-OH is 2. The molecule has 0 aromatic carbocycles. The zero-order chi connectivity index (χ0) is 18.7. The molecule has 5 heteroatoms. The average Bonchev–Trinajstić information content (AvgIpc) is 2.94. The maximum absolute atomic E-state index is 12.0. The van der Waals surface area contributed by atoms with Crippen LogP contribution in [0.3, 0.4) is 0 Å². The van der Waals surface area contributed by atoms with Gasteiger partial charge in [-0.3, -0.25) is 9.59 Å². The summed E-state index contributed by atoms with van der Waals surface area (Å²) < 4.78 is 5.67. The Morgan fingerprint density at radius 1 is 1.15 bits per heavy atom. The van der Waals surface area contributed by atoms with E-state index in [1.54, 1.807) is 0 Å². The predicted molar refractivity (Wildman–Crippen MR) is 95.2 cm³/mol. The fraction of sp³-hybridized carbons (Fsp3) is 0.810. The molecule has 4 aliphatic carbocycles. The molecule has 0 radical (unpaired) electrons. The average molecular weight is 362 g/mol.